The van der Waals surface area contributed by atoms with Crippen LogP contribution in [0.2, 0.25) is 20.1 Å². The molecule has 2 N–H and O–H groups in total. The van der Waals surface area contributed by atoms with Crippen molar-refractivity contribution in [3.8, 4) is 5.75 Å². The number of hydrogen-bond donors (Lipinski definition) is 2. The van der Waals surface area contributed by atoms with Crippen molar-refractivity contribution in [3.05, 3.63) is 56.0 Å². The minimum Gasteiger partial charge on any atom is -0.507 e. The van der Waals surface area contributed by atoms with Gasteiger partial charge in [0, 0.05) is 10.0 Å². The van der Waals surface area contributed by atoms with Crippen LogP contribution in [0.5, 0.6) is 5.75 Å². The van der Waals surface area contributed by atoms with Gasteiger partial charge in [-0.1, -0.05) is 46.4 Å². The summed E-state index contributed by atoms with van der Waals surface area (Å²) in [5.74, 6) is -0.788. The molecule has 1 amide bonds. The molecule has 0 heterocycles. The Morgan fingerprint density at radius 1 is 0.950 bits per heavy atom. The molecule has 0 unspecified atom stereocenters. The SMILES string of the molecule is O=C(Nc1c(Cl)cc(Cl)cc1Cl)c1cc(Cl)ccc1O. The number of phenols is 1. The Labute approximate surface area is 135 Å². The lowest BCUT2D eigenvalue weighted by Gasteiger charge is -2.11. The highest BCUT2D eigenvalue weighted by Gasteiger charge is 2.16. The summed E-state index contributed by atoms with van der Waals surface area (Å²) in [5, 5.41) is 13.2. The quantitative estimate of drug-likeness (QED) is 0.776. The first-order chi connectivity index (χ1) is 9.38. The Hall–Kier alpha value is -1.13. The van der Waals surface area contributed by atoms with Gasteiger partial charge in [-0.25, -0.2) is 0 Å². The van der Waals surface area contributed by atoms with Crippen LogP contribution in [0.1, 0.15) is 10.4 Å². The normalized spacial score (nSPS) is 10.4. The van der Waals surface area contributed by atoms with Crippen LogP contribution in [0.25, 0.3) is 0 Å². The maximum Gasteiger partial charge on any atom is 0.259 e. The molecule has 0 atom stereocenters. The smallest absolute Gasteiger partial charge is 0.259 e. The lowest BCUT2D eigenvalue weighted by molar-refractivity contribution is 0.102. The third-order valence-corrected chi connectivity index (χ3v) is 3.50. The largest absolute Gasteiger partial charge is 0.507 e. The number of nitrogens with one attached hydrogen (secondary N) is 1. The number of halogens is 4. The monoisotopic (exact) mass is 349 g/mol. The van der Waals surface area contributed by atoms with Crippen LogP contribution in [0.3, 0.4) is 0 Å². The first-order valence-electron chi connectivity index (χ1n) is 5.33. The lowest BCUT2D eigenvalue weighted by Crippen LogP contribution is -2.13. The highest BCUT2D eigenvalue weighted by Crippen LogP contribution is 2.34. The maximum absolute atomic E-state index is 12.1. The van der Waals surface area contributed by atoms with Gasteiger partial charge in [-0.2, -0.15) is 0 Å². The zero-order valence-corrected chi connectivity index (χ0v) is 12.8. The van der Waals surface area contributed by atoms with Crippen LogP contribution in [0, 0.1) is 0 Å². The van der Waals surface area contributed by atoms with Crippen LogP contribution in [0.4, 0.5) is 5.69 Å². The number of carbonyl (C=O) groups is 1. The number of benzene rings is 2. The standard InChI is InChI=1S/C13H7Cl4NO2/c14-6-1-2-11(19)8(3-6)13(20)18-12-9(16)4-7(15)5-10(12)17/h1-5,19H,(H,18,20). The molecule has 0 saturated heterocycles. The molecule has 3 nitrogen and oxygen atoms in total. The second kappa shape index (κ2) is 6.10. The number of rotatable bonds is 2. The van der Waals surface area contributed by atoms with Gasteiger partial charge in [0.2, 0.25) is 0 Å². The van der Waals surface area contributed by atoms with Crippen LogP contribution in [-0.4, -0.2) is 11.0 Å². The highest BCUT2D eigenvalue weighted by atomic mass is 35.5. The molecule has 2 aromatic rings. The third kappa shape index (κ3) is 3.30. The summed E-state index contributed by atoms with van der Waals surface area (Å²) in [5.41, 5.74) is 0.224. The lowest BCUT2D eigenvalue weighted by atomic mass is 10.2. The molecule has 0 aliphatic rings. The fourth-order valence-corrected chi connectivity index (χ4v) is 2.62. The predicted molar refractivity (Wildman–Crippen MR) is 82.5 cm³/mol. The van der Waals surface area contributed by atoms with Crippen LogP contribution in [-0.2, 0) is 0 Å². The topological polar surface area (TPSA) is 49.3 Å². The first-order valence-corrected chi connectivity index (χ1v) is 6.84. The first kappa shape index (κ1) is 15.3. The van der Waals surface area contributed by atoms with Crippen molar-refractivity contribution in [2.45, 2.75) is 0 Å². The van der Waals surface area contributed by atoms with Gasteiger partial charge in [-0.15, -0.1) is 0 Å². The summed E-state index contributed by atoms with van der Waals surface area (Å²) in [6.45, 7) is 0. The van der Waals surface area contributed by atoms with Gasteiger partial charge in [-0.05, 0) is 30.3 Å². The molecule has 20 heavy (non-hydrogen) atoms. The molecule has 0 fully saturated rings. The minimum absolute atomic E-state index is 0.0135. The van der Waals surface area contributed by atoms with Gasteiger partial charge >= 0.3 is 0 Å². The van der Waals surface area contributed by atoms with E-state index in [0.717, 1.165) is 0 Å². The van der Waals surface area contributed by atoms with E-state index in [4.69, 9.17) is 46.4 Å². The molecule has 7 heteroatoms. The van der Waals surface area contributed by atoms with Crippen molar-refractivity contribution >= 4 is 58.0 Å². The summed E-state index contributed by atoms with van der Waals surface area (Å²) in [4.78, 5) is 12.1. The Kier molecular flexibility index (Phi) is 4.66. The van der Waals surface area contributed by atoms with Crippen molar-refractivity contribution in [3.63, 3.8) is 0 Å². The molecular formula is C13H7Cl4NO2. The summed E-state index contributed by atoms with van der Waals surface area (Å²) in [6, 6.07) is 7.02. The van der Waals surface area contributed by atoms with Crippen molar-refractivity contribution < 1.29 is 9.90 Å². The van der Waals surface area contributed by atoms with Gasteiger partial charge in [0.15, 0.2) is 0 Å². The molecule has 0 radical (unpaired) electrons. The van der Waals surface area contributed by atoms with E-state index in [1.54, 1.807) is 0 Å². The van der Waals surface area contributed by atoms with E-state index in [1.165, 1.54) is 30.3 Å². The summed E-state index contributed by atoms with van der Waals surface area (Å²) < 4.78 is 0. The number of phenolic OH excluding ortho intramolecular Hbond substituents is 1. The second-order valence-corrected chi connectivity index (χ2v) is 5.55. The molecule has 0 aliphatic heterocycles. The number of aromatic hydroxyl groups is 1. The van der Waals surface area contributed by atoms with E-state index in [2.05, 4.69) is 5.32 Å². The van der Waals surface area contributed by atoms with Crippen LogP contribution < -0.4 is 5.32 Å². The third-order valence-electron chi connectivity index (χ3n) is 2.45. The van der Waals surface area contributed by atoms with Crippen molar-refractivity contribution in [1.82, 2.24) is 0 Å². The average molecular weight is 351 g/mol. The Balaban J connectivity index is 2.35. The van der Waals surface area contributed by atoms with E-state index in [9.17, 15) is 9.90 Å². The summed E-state index contributed by atoms with van der Waals surface area (Å²) in [6.07, 6.45) is 0. The zero-order chi connectivity index (χ0) is 14.9. The fourth-order valence-electron chi connectivity index (χ4n) is 1.53. The van der Waals surface area contributed by atoms with Gasteiger partial charge < -0.3 is 10.4 Å². The predicted octanol–water partition coefficient (Wildman–Crippen LogP) is 5.26. The molecule has 0 saturated carbocycles. The van der Waals surface area contributed by atoms with Crippen molar-refractivity contribution in [1.29, 1.82) is 0 Å². The van der Waals surface area contributed by atoms with E-state index in [-0.39, 0.29) is 27.0 Å². The zero-order valence-electron chi connectivity index (χ0n) is 9.75. The van der Waals surface area contributed by atoms with Crippen molar-refractivity contribution in [2.24, 2.45) is 0 Å². The Bertz CT molecular complexity index is 665. The number of amides is 1. The molecule has 0 aliphatic carbocycles. The Morgan fingerprint density at radius 3 is 2.15 bits per heavy atom. The average Bonchev–Trinajstić information content (AvgIpc) is 2.36. The van der Waals surface area contributed by atoms with Gasteiger partial charge in [0.25, 0.3) is 5.91 Å². The van der Waals surface area contributed by atoms with Crippen LogP contribution >= 0.6 is 46.4 Å². The number of hydrogen-bond acceptors (Lipinski definition) is 2. The maximum atomic E-state index is 12.1. The van der Waals surface area contributed by atoms with E-state index >= 15 is 0 Å². The van der Waals surface area contributed by atoms with Gasteiger partial charge in [-0.3, -0.25) is 4.79 Å². The van der Waals surface area contributed by atoms with E-state index in [1.807, 2.05) is 0 Å². The molecule has 2 rings (SSSR count). The van der Waals surface area contributed by atoms with Crippen molar-refractivity contribution in [2.75, 3.05) is 5.32 Å². The molecule has 0 aromatic heterocycles. The van der Waals surface area contributed by atoms with Gasteiger partial charge in [0.1, 0.15) is 5.75 Å². The molecule has 0 spiro atoms. The Morgan fingerprint density at radius 2 is 1.55 bits per heavy atom. The molecule has 2 aromatic carbocycles. The molecule has 104 valence electrons. The summed E-state index contributed by atoms with van der Waals surface area (Å²) >= 11 is 23.5. The number of carbonyl (C=O) groups excluding carboxylic acids is 1. The second-order valence-electron chi connectivity index (χ2n) is 3.86. The fraction of sp³-hybridized carbons (Fsp3) is 0. The molecule has 0 bridgehead atoms. The van der Waals surface area contributed by atoms with Crippen LogP contribution in [0.15, 0.2) is 30.3 Å². The van der Waals surface area contributed by atoms with E-state index < -0.39 is 5.91 Å². The summed E-state index contributed by atoms with van der Waals surface area (Å²) in [7, 11) is 0. The minimum atomic E-state index is -0.587. The number of anilines is 1. The highest BCUT2D eigenvalue weighted by molar-refractivity contribution is 6.42. The molecular weight excluding hydrogens is 344 g/mol. The van der Waals surface area contributed by atoms with Gasteiger partial charge in [0.05, 0.1) is 21.3 Å². The van der Waals surface area contributed by atoms with E-state index in [0.29, 0.717) is 10.0 Å².